The second-order valence-corrected chi connectivity index (χ2v) is 9.06. The summed E-state index contributed by atoms with van der Waals surface area (Å²) in [7, 11) is 0. The van der Waals surface area contributed by atoms with Crippen molar-refractivity contribution in [1.82, 2.24) is 19.8 Å². The standard InChI is InChI=1S/C19H18Cl2F3N5O4/c1-8(2)7-33-17(32)28-5-9(6-28)14(30)27-18(19(22,23)24)15(31)26-16-25-12-3-10(20)11(21)4-13(12)29(16)18/h3-4,8-9H,5-7H2,1-2H3,(H,27,30)(H,25,26,31). The van der Waals surface area contributed by atoms with Crippen LogP contribution in [-0.2, 0) is 20.0 Å². The van der Waals surface area contributed by atoms with Crippen LogP contribution in [0.4, 0.5) is 23.9 Å². The van der Waals surface area contributed by atoms with Gasteiger partial charge in [0, 0.05) is 13.1 Å². The number of hydrogen-bond donors (Lipinski definition) is 2. The molecule has 1 saturated heterocycles. The minimum absolute atomic E-state index is 0.0463. The SMILES string of the molecule is CC(C)COC(=O)N1CC(C(=O)NC2(C(F)(F)F)C(=O)Nc3nc4cc(Cl)c(Cl)cc4n32)C1. The summed E-state index contributed by atoms with van der Waals surface area (Å²) in [5.41, 5.74) is -3.56. The predicted molar refractivity (Wildman–Crippen MR) is 112 cm³/mol. The third kappa shape index (κ3) is 3.74. The quantitative estimate of drug-likeness (QED) is 0.660. The van der Waals surface area contributed by atoms with E-state index in [9.17, 15) is 27.6 Å². The molecule has 0 bridgehead atoms. The number of hydrogen-bond acceptors (Lipinski definition) is 5. The maximum Gasteiger partial charge on any atom is 0.440 e. The summed E-state index contributed by atoms with van der Waals surface area (Å²) in [5, 5.41) is 3.93. The molecule has 0 radical (unpaired) electrons. The normalized spacial score (nSPS) is 20.6. The Morgan fingerprint density at radius 2 is 1.94 bits per heavy atom. The highest BCUT2D eigenvalue weighted by Gasteiger charge is 2.68. The number of amides is 3. The van der Waals surface area contributed by atoms with Gasteiger partial charge < -0.3 is 15.0 Å². The first kappa shape index (κ1) is 23.4. The van der Waals surface area contributed by atoms with Crippen molar-refractivity contribution in [2.45, 2.75) is 25.7 Å². The Morgan fingerprint density at radius 3 is 2.55 bits per heavy atom. The highest BCUT2D eigenvalue weighted by atomic mass is 35.5. The number of likely N-dealkylation sites (tertiary alicyclic amines) is 1. The summed E-state index contributed by atoms with van der Waals surface area (Å²) >= 11 is 11.9. The molecule has 1 atom stereocenters. The van der Waals surface area contributed by atoms with E-state index < -0.39 is 41.6 Å². The highest BCUT2D eigenvalue weighted by Crippen LogP contribution is 2.45. The van der Waals surface area contributed by atoms with E-state index in [1.165, 1.54) is 11.0 Å². The molecule has 2 aliphatic rings. The third-order valence-electron chi connectivity index (χ3n) is 5.35. The van der Waals surface area contributed by atoms with Crippen LogP contribution in [0.25, 0.3) is 11.0 Å². The topological polar surface area (TPSA) is 106 Å². The van der Waals surface area contributed by atoms with Crippen molar-refractivity contribution >= 4 is 58.1 Å². The number of imidazole rings is 1. The van der Waals surface area contributed by atoms with Crippen LogP contribution in [0.1, 0.15) is 13.8 Å². The zero-order chi connectivity index (χ0) is 24.3. The van der Waals surface area contributed by atoms with Gasteiger partial charge >= 0.3 is 12.3 Å². The van der Waals surface area contributed by atoms with Gasteiger partial charge in [-0.1, -0.05) is 37.0 Å². The molecule has 4 rings (SSSR count). The number of nitrogens with one attached hydrogen (secondary N) is 2. The van der Waals surface area contributed by atoms with Gasteiger partial charge in [0.05, 0.1) is 33.6 Å². The lowest BCUT2D eigenvalue weighted by Crippen LogP contribution is -2.66. The largest absolute Gasteiger partial charge is 0.449 e. The lowest BCUT2D eigenvalue weighted by atomic mass is 9.98. The molecule has 0 aliphatic carbocycles. The van der Waals surface area contributed by atoms with Crippen molar-refractivity contribution in [3.8, 4) is 0 Å². The number of carbonyl (C=O) groups excluding carboxylic acids is 3. The monoisotopic (exact) mass is 507 g/mol. The number of fused-ring (bicyclic) bond motifs is 3. The summed E-state index contributed by atoms with van der Waals surface area (Å²) in [4.78, 5) is 42.5. The Balaban J connectivity index is 1.62. The van der Waals surface area contributed by atoms with Crippen LogP contribution in [0, 0.1) is 11.8 Å². The first-order valence-electron chi connectivity index (χ1n) is 9.85. The van der Waals surface area contributed by atoms with Crippen molar-refractivity contribution in [3.05, 3.63) is 22.2 Å². The number of rotatable bonds is 4. The smallest absolute Gasteiger partial charge is 0.440 e. The number of halogens is 5. The third-order valence-corrected chi connectivity index (χ3v) is 6.07. The number of carbonyl (C=O) groups is 3. The lowest BCUT2D eigenvalue weighted by molar-refractivity contribution is -0.218. The number of benzene rings is 1. The number of aromatic nitrogens is 2. The zero-order valence-corrected chi connectivity index (χ0v) is 18.8. The minimum atomic E-state index is -5.24. The van der Waals surface area contributed by atoms with Crippen molar-refractivity contribution in [1.29, 1.82) is 0 Å². The molecule has 178 valence electrons. The fraction of sp³-hybridized carbons (Fsp3) is 0.474. The number of nitrogens with zero attached hydrogens (tertiary/aromatic N) is 3. The Kier molecular flexibility index (Phi) is 5.64. The van der Waals surface area contributed by atoms with Crippen LogP contribution in [0.15, 0.2) is 12.1 Å². The van der Waals surface area contributed by atoms with Gasteiger partial charge in [0.25, 0.3) is 11.6 Å². The summed E-state index contributed by atoms with van der Waals surface area (Å²) in [5.74, 6) is -3.85. The van der Waals surface area contributed by atoms with E-state index in [2.05, 4.69) is 10.3 Å². The summed E-state index contributed by atoms with van der Waals surface area (Å²) in [6, 6.07) is 2.39. The number of anilines is 1. The molecule has 1 fully saturated rings. The molecule has 0 saturated carbocycles. The predicted octanol–water partition coefficient (Wildman–Crippen LogP) is 3.35. The van der Waals surface area contributed by atoms with Gasteiger partial charge in [0.1, 0.15) is 0 Å². The fourth-order valence-electron chi connectivity index (χ4n) is 3.63. The first-order valence-corrected chi connectivity index (χ1v) is 10.6. The van der Waals surface area contributed by atoms with Crippen LogP contribution in [0.2, 0.25) is 10.0 Å². The number of ether oxygens (including phenoxy) is 1. The van der Waals surface area contributed by atoms with Crippen LogP contribution < -0.4 is 10.6 Å². The summed E-state index contributed by atoms with van der Waals surface area (Å²) < 4.78 is 48.8. The molecule has 9 nitrogen and oxygen atoms in total. The maximum absolute atomic E-state index is 14.4. The summed E-state index contributed by atoms with van der Waals surface area (Å²) in [6.45, 7) is 3.58. The van der Waals surface area contributed by atoms with E-state index >= 15 is 0 Å². The van der Waals surface area contributed by atoms with E-state index in [0.717, 1.165) is 6.07 Å². The Bertz CT molecular complexity index is 1160. The fourth-order valence-corrected chi connectivity index (χ4v) is 3.95. The molecular weight excluding hydrogens is 490 g/mol. The average molecular weight is 508 g/mol. The molecule has 33 heavy (non-hydrogen) atoms. The molecule has 2 aliphatic heterocycles. The van der Waals surface area contributed by atoms with Crippen molar-refractivity contribution < 1.29 is 32.3 Å². The minimum Gasteiger partial charge on any atom is -0.449 e. The van der Waals surface area contributed by atoms with Crippen molar-refractivity contribution in [3.63, 3.8) is 0 Å². The molecular formula is C19H18Cl2F3N5O4. The van der Waals surface area contributed by atoms with Gasteiger partial charge in [0.15, 0.2) is 0 Å². The summed E-state index contributed by atoms with van der Waals surface area (Å²) in [6.07, 6.45) is -5.90. The van der Waals surface area contributed by atoms with Gasteiger partial charge in [-0.05, 0) is 18.1 Å². The zero-order valence-electron chi connectivity index (χ0n) is 17.3. The van der Waals surface area contributed by atoms with Crippen LogP contribution in [0.5, 0.6) is 0 Å². The molecule has 3 heterocycles. The van der Waals surface area contributed by atoms with Crippen LogP contribution >= 0.6 is 23.2 Å². The average Bonchev–Trinajstić information content (AvgIpc) is 3.12. The molecule has 1 unspecified atom stereocenters. The maximum atomic E-state index is 14.4. The van der Waals surface area contributed by atoms with Crippen molar-refractivity contribution in [2.24, 2.45) is 11.8 Å². The van der Waals surface area contributed by atoms with Gasteiger partial charge in [-0.2, -0.15) is 13.2 Å². The molecule has 14 heteroatoms. The van der Waals surface area contributed by atoms with Gasteiger partial charge in [-0.15, -0.1) is 0 Å². The van der Waals surface area contributed by atoms with Crippen LogP contribution in [0.3, 0.4) is 0 Å². The van der Waals surface area contributed by atoms with Gasteiger partial charge in [0.2, 0.25) is 11.9 Å². The van der Waals surface area contributed by atoms with E-state index in [1.807, 2.05) is 19.2 Å². The molecule has 1 aromatic carbocycles. The van der Waals surface area contributed by atoms with Gasteiger partial charge in [-0.25, -0.2) is 9.78 Å². The Labute approximate surface area is 195 Å². The molecule has 2 aromatic rings. The second kappa shape index (κ2) is 7.94. The van der Waals surface area contributed by atoms with Crippen molar-refractivity contribution in [2.75, 3.05) is 25.0 Å². The lowest BCUT2D eigenvalue weighted by Gasteiger charge is -2.40. The molecule has 1 aromatic heterocycles. The van der Waals surface area contributed by atoms with E-state index in [0.29, 0.717) is 4.57 Å². The molecule has 2 N–H and O–H groups in total. The van der Waals surface area contributed by atoms with E-state index in [-0.39, 0.29) is 46.7 Å². The first-order chi connectivity index (χ1) is 15.3. The van der Waals surface area contributed by atoms with Gasteiger partial charge in [-0.3, -0.25) is 19.5 Å². The van der Waals surface area contributed by atoms with Crippen LogP contribution in [-0.4, -0.2) is 58.2 Å². The van der Waals surface area contributed by atoms with E-state index in [1.54, 1.807) is 0 Å². The Morgan fingerprint density at radius 1 is 1.30 bits per heavy atom. The van der Waals surface area contributed by atoms with E-state index in [4.69, 9.17) is 27.9 Å². The Hall–Kier alpha value is -2.73. The molecule has 3 amide bonds. The number of alkyl halides is 3. The second-order valence-electron chi connectivity index (χ2n) is 8.25. The highest BCUT2D eigenvalue weighted by molar-refractivity contribution is 6.42. The molecule has 0 spiro atoms.